The zero-order chi connectivity index (χ0) is 14.0. The van der Waals surface area contributed by atoms with Crippen LogP contribution in [0.5, 0.6) is 0 Å². The van der Waals surface area contributed by atoms with Crippen molar-refractivity contribution in [2.45, 2.75) is 19.6 Å². The van der Waals surface area contributed by atoms with E-state index in [-0.39, 0.29) is 18.5 Å². The fraction of sp³-hybridized carbons (Fsp3) is 0.308. The molecule has 1 aromatic heterocycles. The van der Waals surface area contributed by atoms with Gasteiger partial charge < -0.3 is 10.0 Å². The summed E-state index contributed by atoms with van der Waals surface area (Å²) in [5, 5.41) is 10.1. The Kier molecular flexibility index (Phi) is 4.39. The number of rotatable bonds is 4. The fourth-order valence-corrected chi connectivity index (χ4v) is 2.92. The maximum atomic E-state index is 13.8. The summed E-state index contributed by atoms with van der Waals surface area (Å²) in [7, 11) is 1.83. The third kappa shape index (κ3) is 2.88. The largest absolute Gasteiger partial charge is 0.391 e. The van der Waals surface area contributed by atoms with E-state index < -0.39 is 0 Å². The van der Waals surface area contributed by atoms with Crippen molar-refractivity contribution in [3.05, 3.63) is 45.7 Å². The van der Waals surface area contributed by atoms with E-state index in [4.69, 9.17) is 16.7 Å². The van der Waals surface area contributed by atoms with Crippen molar-refractivity contribution < 1.29 is 9.50 Å². The second kappa shape index (κ2) is 5.86. The third-order valence-electron chi connectivity index (χ3n) is 3.02. The van der Waals surface area contributed by atoms with E-state index in [2.05, 4.69) is 4.98 Å². The van der Waals surface area contributed by atoms with Crippen LogP contribution in [0.1, 0.15) is 23.4 Å². The van der Waals surface area contributed by atoms with Crippen molar-refractivity contribution >= 4 is 28.1 Å². The molecule has 0 spiro atoms. The zero-order valence-corrected chi connectivity index (χ0v) is 12.2. The molecule has 0 saturated carbocycles. The summed E-state index contributed by atoms with van der Waals surface area (Å²) in [5.41, 5.74) is 0.599. The number of anilines is 1. The van der Waals surface area contributed by atoms with Gasteiger partial charge in [0, 0.05) is 12.6 Å². The summed E-state index contributed by atoms with van der Waals surface area (Å²) < 4.78 is 13.8. The Labute approximate surface area is 120 Å². The molecule has 0 radical (unpaired) electrons. The van der Waals surface area contributed by atoms with Gasteiger partial charge in [0.2, 0.25) is 0 Å². The monoisotopic (exact) mass is 300 g/mol. The minimum absolute atomic E-state index is 0.140. The number of hydrogen-bond donors (Lipinski definition) is 1. The lowest BCUT2D eigenvalue weighted by atomic mass is 10.1. The van der Waals surface area contributed by atoms with Crippen LogP contribution in [0.25, 0.3) is 0 Å². The lowest BCUT2D eigenvalue weighted by Crippen LogP contribution is -2.22. The second-order valence-electron chi connectivity index (χ2n) is 4.18. The molecule has 2 rings (SSSR count). The quantitative estimate of drug-likeness (QED) is 0.937. The van der Waals surface area contributed by atoms with E-state index in [1.165, 1.54) is 17.4 Å². The standard InChI is InChI=1S/C13H14ClFN2OS/c1-8(9-5-3-4-6-10(9)15)17(2)13-16-12(14)11(7-18)19-13/h3-6,8,18H,7H2,1-2H3. The Bertz CT molecular complexity index is 576. The molecule has 2 aromatic rings. The third-order valence-corrected chi connectivity index (χ3v) is 4.58. The smallest absolute Gasteiger partial charge is 0.187 e. The van der Waals surface area contributed by atoms with Crippen LogP contribution in [0, 0.1) is 5.82 Å². The van der Waals surface area contributed by atoms with Gasteiger partial charge in [0.15, 0.2) is 5.13 Å². The highest BCUT2D eigenvalue weighted by Gasteiger charge is 2.19. The highest BCUT2D eigenvalue weighted by molar-refractivity contribution is 7.16. The normalized spacial score (nSPS) is 12.5. The molecule has 0 aliphatic carbocycles. The van der Waals surface area contributed by atoms with Crippen LogP contribution >= 0.6 is 22.9 Å². The van der Waals surface area contributed by atoms with Crippen molar-refractivity contribution in [3.8, 4) is 0 Å². The Morgan fingerprint density at radius 2 is 2.16 bits per heavy atom. The predicted molar refractivity (Wildman–Crippen MR) is 76.3 cm³/mol. The molecule has 1 atom stereocenters. The summed E-state index contributed by atoms with van der Waals surface area (Å²) in [6, 6.07) is 6.48. The number of thiazole rings is 1. The van der Waals surface area contributed by atoms with Gasteiger partial charge in [0.05, 0.1) is 17.5 Å². The van der Waals surface area contributed by atoms with E-state index in [1.807, 2.05) is 18.9 Å². The van der Waals surface area contributed by atoms with Crippen LogP contribution in [0.2, 0.25) is 5.15 Å². The first kappa shape index (κ1) is 14.2. The molecule has 0 fully saturated rings. The average Bonchev–Trinajstić information content (AvgIpc) is 2.79. The molecule has 0 aliphatic rings. The first-order valence-electron chi connectivity index (χ1n) is 5.78. The highest BCUT2D eigenvalue weighted by atomic mass is 35.5. The molecule has 102 valence electrons. The van der Waals surface area contributed by atoms with Crippen molar-refractivity contribution in [3.63, 3.8) is 0 Å². The Morgan fingerprint density at radius 1 is 1.47 bits per heavy atom. The Balaban J connectivity index is 2.28. The Hall–Kier alpha value is -1.17. The lowest BCUT2D eigenvalue weighted by Gasteiger charge is -2.24. The summed E-state index contributed by atoms with van der Waals surface area (Å²) >= 11 is 7.22. The average molecular weight is 301 g/mol. The lowest BCUT2D eigenvalue weighted by molar-refractivity contribution is 0.285. The first-order valence-corrected chi connectivity index (χ1v) is 6.97. The molecule has 19 heavy (non-hydrogen) atoms. The maximum Gasteiger partial charge on any atom is 0.187 e. The van der Waals surface area contributed by atoms with Gasteiger partial charge in [0.25, 0.3) is 0 Å². The molecule has 0 bridgehead atoms. The van der Waals surface area contributed by atoms with Crippen molar-refractivity contribution in [2.24, 2.45) is 0 Å². The number of aliphatic hydroxyl groups excluding tert-OH is 1. The number of nitrogens with zero attached hydrogens (tertiary/aromatic N) is 2. The van der Waals surface area contributed by atoms with Gasteiger partial charge in [-0.15, -0.1) is 0 Å². The molecule has 3 nitrogen and oxygen atoms in total. The molecular formula is C13H14ClFN2OS. The highest BCUT2D eigenvalue weighted by Crippen LogP contribution is 2.33. The number of halogens is 2. The maximum absolute atomic E-state index is 13.8. The van der Waals surface area contributed by atoms with Crippen LogP contribution < -0.4 is 4.90 Å². The summed E-state index contributed by atoms with van der Waals surface area (Å²) in [4.78, 5) is 6.64. The van der Waals surface area contributed by atoms with Crippen LogP contribution in [-0.4, -0.2) is 17.1 Å². The minimum Gasteiger partial charge on any atom is -0.391 e. The topological polar surface area (TPSA) is 36.4 Å². The summed E-state index contributed by atoms with van der Waals surface area (Å²) in [6.07, 6.45) is 0. The minimum atomic E-state index is -0.244. The van der Waals surface area contributed by atoms with E-state index in [9.17, 15) is 4.39 Å². The second-order valence-corrected chi connectivity index (χ2v) is 5.60. The molecule has 0 saturated heterocycles. The summed E-state index contributed by atoms with van der Waals surface area (Å²) in [5.74, 6) is -0.244. The van der Waals surface area contributed by atoms with E-state index in [0.29, 0.717) is 20.7 Å². The molecule has 0 amide bonds. The van der Waals surface area contributed by atoms with Crippen LogP contribution in [0.4, 0.5) is 9.52 Å². The van der Waals surface area contributed by atoms with Crippen LogP contribution in [0.15, 0.2) is 24.3 Å². The molecular weight excluding hydrogens is 287 g/mol. The zero-order valence-electron chi connectivity index (χ0n) is 10.6. The number of hydrogen-bond acceptors (Lipinski definition) is 4. The van der Waals surface area contributed by atoms with Gasteiger partial charge in [-0.3, -0.25) is 0 Å². The fourth-order valence-electron chi connectivity index (χ4n) is 1.76. The van der Waals surface area contributed by atoms with Crippen molar-refractivity contribution in [2.75, 3.05) is 11.9 Å². The van der Waals surface area contributed by atoms with E-state index in [1.54, 1.807) is 18.2 Å². The molecule has 1 aromatic carbocycles. The van der Waals surface area contributed by atoms with Crippen LogP contribution in [-0.2, 0) is 6.61 Å². The first-order chi connectivity index (χ1) is 9.04. The van der Waals surface area contributed by atoms with Crippen LogP contribution in [0.3, 0.4) is 0 Å². The number of benzene rings is 1. The summed E-state index contributed by atoms with van der Waals surface area (Å²) in [6.45, 7) is 1.75. The molecule has 6 heteroatoms. The molecule has 0 aliphatic heterocycles. The molecule has 1 unspecified atom stereocenters. The van der Waals surface area contributed by atoms with Crippen molar-refractivity contribution in [1.29, 1.82) is 0 Å². The van der Waals surface area contributed by atoms with Gasteiger partial charge in [-0.2, -0.15) is 0 Å². The molecule has 1 N–H and O–H groups in total. The van der Waals surface area contributed by atoms with Gasteiger partial charge >= 0.3 is 0 Å². The number of aromatic nitrogens is 1. The Morgan fingerprint density at radius 3 is 2.74 bits per heavy atom. The SMILES string of the molecule is CC(c1ccccc1F)N(C)c1nc(Cl)c(CO)s1. The van der Waals surface area contributed by atoms with Gasteiger partial charge in [-0.25, -0.2) is 9.37 Å². The van der Waals surface area contributed by atoms with E-state index >= 15 is 0 Å². The van der Waals surface area contributed by atoms with Gasteiger partial charge in [0.1, 0.15) is 11.0 Å². The molecule has 1 heterocycles. The predicted octanol–water partition coefficient (Wildman–Crippen LogP) is 3.63. The van der Waals surface area contributed by atoms with Crippen molar-refractivity contribution in [1.82, 2.24) is 4.98 Å². The van der Waals surface area contributed by atoms with E-state index in [0.717, 1.165) is 0 Å². The van der Waals surface area contributed by atoms with Gasteiger partial charge in [-0.05, 0) is 13.0 Å². The van der Waals surface area contributed by atoms with Gasteiger partial charge in [-0.1, -0.05) is 41.1 Å². The number of aliphatic hydroxyl groups is 1.